The first-order valence-electron chi connectivity index (χ1n) is 7.71. The molecule has 2 aliphatic rings. The Balaban J connectivity index is 1.99. The maximum atomic E-state index is 12.5. The number of nitrogens with two attached hydrogens (primary N) is 1. The summed E-state index contributed by atoms with van der Waals surface area (Å²) in [6.07, 6.45) is 8.67. The second-order valence-corrected chi connectivity index (χ2v) is 6.20. The predicted octanol–water partition coefficient (Wildman–Crippen LogP) is 2.54. The van der Waals surface area contributed by atoms with Crippen LogP contribution < -0.4 is 5.73 Å². The molecule has 1 unspecified atom stereocenters. The Morgan fingerprint density at radius 2 is 1.94 bits per heavy atom. The summed E-state index contributed by atoms with van der Waals surface area (Å²) in [5.41, 5.74) is 6.12. The number of likely N-dealkylation sites (tertiary alicyclic amines) is 1. The van der Waals surface area contributed by atoms with Crippen LogP contribution in [0.15, 0.2) is 0 Å². The first-order chi connectivity index (χ1) is 8.65. The van der Waals surface area contributed by atoms with Crippen molar-refractivity contribution >= 4 is 5.91 Å². The highest BCUT2D eigenvalue weighted by molar-refractivity contribution is 5.82. The lowest BCUT2D eigenvalue weighted by Gasteiger charge is -2.32. The second kappa shape index (κ2) is 6.05. The van der Waals surface area contributed by atoms with E-state index in [4.69, 9.17) is 5.73 Å². The summed E-state index contributed by atoms with van der Waals surface area (Å²) in [5, 5.41) is 0. The van der Waals surface area contributed by atoms with Crippen LogP contribution in [0.5, 0.6) is 0 Å². The van der Waals surface area contributed by atoms with Crippen molar-refractivity contribution in [3.63, 3.8) is 0 Å². The number of rotatable bonds is 4. The van der Waals surface area contributed by atoms with Crippen LogP contribution in [0.2, 0.25) is 0 Å². The third kappa shape index (κ3) is 2.71. The predicted molar refractivity (Wildman–Crippen MR) is 74.1 cm³/mol. The quantitative estimate of drug-likeness (QED) is 0.835. The lowest BCUT2D eigenvalue weighted by atomic mass is 9.94. The molecule has 0 spiro atoms. The molecule has 1 saturated heterocycles. The van der Waals surface area contributed by atoms with Crippen molar-refractivity contribution in [2.75, 3.05) is 6.54 Å². The van der Waals surface area contributed by atoms with Gasteiger partial charge in [-0.15, -0.1) is 0 Å². The Bertz CT molecular complexity index is 286. The van der Waals surface area contributed by atoms with Gasteiger partial charge in [0.1, 0.15) is 0 Å². The number of hydrogen-bond acceptors (Lipinski definition) is 2. The average molecular weight is 252 g/mol. The normalized spacial score (nSPS) is 28.6. The van der Waals surface area contributed by atoms with Crippen LogP contribution in [0.4, 0.5) is 0 Å². The van der Waals surface area contributed by atoms with Crippen molar-refractivity contribution in [1.29, 1.82) is 0 Å². The lowest BCUT2D eigenvalue weighted by Crippen LogP contribution is -2.50. The third-order valence-electron chi connectivity index (χ3n) is 5.07. The summed E-state index contributed by atoms with van der Waals surface area (Å²) in [7, 11) is 0. The zero-order chi connectivity index (χ0) is 13.1. The molecular weight excluding hydrogens is 224 g/mol. The Morgan fingerprint density at radius 3 is 2.56 bits per heavy atom. The SMILES string of the molecule is CC[C@H](C)[C@H](N)C(=O)N1CCCC1C1CCCC1. The first-order valence-corrected chi connectivity index (χ1v) is 7.71. The molecule has 0 radical (unpaired) electrons. The highest BCUT2D eigenvalue weighted by atomic mass is 16.2. The fourth-order valence-corrected chi connectivity index (χ4v) is 3.59. The molecule has 2 fully saturated rings. The van der Waals surface area contributed by atoms with Crippen LogP contribution in [0, 0.1) is 11.8 Å². The van der Waals surface area contributed by atoms with Gasteiger partial charge in [0.25, 0.3) is 0 Å². The van der Waals surface area contributed by atoms with Crippen molar-refractivity contribution in [2.24, 2.45) is 17.6 Å². The zero-order valence-electron chi connectivity index (χ0n) is 11.9. The zero-order valence-corrected chi connectivity index (χ0v) is 11.9. The van der Waals surface area contributed by atoms with Crippen molar-refractivity contribution in [2.45, 2.75) is 70.9 Å². The Labute approximate surface area is 111 Å². The highest BCUT2D eigenvalue weighted by Gasteiger charge is 2.38. The van der Waals surface area contributed by atoms with Crippen LogP contribution in [-0.4, -0.2) is 29.4 Å². The van der Waals surface area contributed by atoms with Gasteiger partial charge in [0.15, 0.2) is 0 Å². The molecule has 0 aromatic rings. The largest absolute Gasteiger partial charge is 0.338 e. The van der Waals surface area contributed by atoms with E-state index in [1.54, 1.807) is 0 Å². The van der Waals surface area contributed by atoms with E-state index in [-0.39, 0.29) is 11.9 Å². The van der Waals surface area contributed by atoms with Gasteiger partial charge in [-0.05, 0) is 37.5 Å². The molecule has 0 bridgehead atoms. The van der Waals surface area contributed by atoms with E-state index < -0.39 is 0 Å². The van der Waals surface area contributed by atoms with Crippen LogP contribution >= 0.6 is 0 Å². The van der Waals surface area contributed by atoms with Gasteiger partial charge in [0.05, 0.1) is 6.04 Å². The molecule has 18 heavy (non-hydrogen) atoms. The first kappa shape index (κ1) is 13.9. The molecule has 1 saturated carbocycles. The molecule has 1 heterocycles. The highest BCUT2D eigenvalue weighted by Crippen LogP contribution is 2.35. The van der Waals surface area contributed by atoms with Gasteiger partial charge in [-0.2, -0.15) is 0 Å². The van der Waals surface area contributed by atoms with Crippen molar-refractivity contribution in [3.05, 3.63) is 0 Å². The minimum Gasteiger partial charge on any atom is -0.338 e. The van der Waals surface area contributed by atoms with Gasteiger partial charge in [-0.25, -0.2) is 0 Å². The standard InChI is InChI=1S/C15H28N2O/c1-3-11(2)14(16)15(18)17-10-6-9-13(17)12-7-4-5-8-12/h11-14H,3-10,16H2,1-2H3/t11-,13?,14-/m0/s1. The Morgan fingerprint density at radius 1 is 1.28 bits per heavy atom. The molecule has 2 N–H and O–H groups in total. The molecule has 0 aromatic carbocycles. The van der Waals surface area contributed by atoms with E-state index in [1.807, 2.05) is 0 Å². The van der Waals surface area contributed by atoms with E-state index in [9.17, 15) is 4.79 Å². The van der Waals surface area contributed by atoms with Crippen molar-refractivity contribution in [1.82, 2.24) is 4.90 Å². The van der Waals surface area contributed by atoms with Crippen LogP contribution in [0.3, 0.4) is 0 Å². The molecule has 1 amide bonds. The maximum Gasteiger partial charge on any atom is 0.240 e. The van der Waals surface area contributed by atoms with Crippen LogP contribution in [0.25, 0.3) is 0 Å². The molecule has 3 nitrogen and oxygen atoms in total. The van der Waals surface area contributed by atoms with Gasteiger partial charge < -0.3 is 10.6 Å². The van der Waals surface area contributed by atoms with Crippen LogP contribution in [0.1, 0.15) is 58.8 Å². The maximum absolute atomic E-state index is 12.5. The monoisotopic (exact) mass is 252 g/mol. The summed E-state index contributed by atoms with van der Waals surface area (Å²) in [6, 6.07) is 0.201. The van der Waals surface area contributed by atoms with E-state index in [0.29, 0.717) is 12.0 Å². The third-order valence-corrected chi connectivity index (χ3v) is 5.07. The number of amides is 1. The fraction of sp³-hybridized carbons (Fsp3) is 0.933. The lowest BCUT2D eigenvalue weighted by molar-refractivity contribution is -0.135. The van der Waals surface area contributed by atoms with Gasteiger partial charge >= 0.3 is 0 Å². The molecule has 0 aromatic heterocycles. The Hall–Kier alpha value is -0.570. The van der Waals surface area contributed by atoms with Crippen LogP contribution in [-0.2, 0) is 4.79 Å². The van der Waals surface area contributed by atoms with Crippen molar-refractivity contribution in [3.8, 4) is 0 Å². The Kier molecular flexibility index (Phi) is 4.66. The topological polar surface area (TPSA) is 46.3 Å². The van der Waals surface area contributed by atoms with E-state index in [0.717, 1.165) is 18.9 Å². The van der Waals surface area contributed by atoms with Gasteiger partial charge in [0, 0.05) is 12.6 Å². The van der Waals surface area contributed by atoms with E-state index >= 15 is 0 Å². The molecular formula is C15H28N2O. The summed E-state index contributed by atoms with van der Waals surface area (Å²) < 4.78 is 0. The van der Waals surface area contributed by atoms with E-state index in [2.05, 4.69) is 18.7 Å². The smallest absolute Gasteiger partial charge is 0.240 e. The summed E-state index contributed by atoms with van der Waals surface area (Å²) >= 11 is 0. The van der Waals surface area contributed by atoms with Crippen molar-refractivity contribution < 1.29 is 4.79 Å². The minimum absolute atomic E-state index is 0.207. The summed E-state index contributed by atoms with van der Waals surface area (Å²) in [4.78, 5) is 14.6. The number of carbonyl (C=O) groups is 1. The van der Waals surface area contributed by atoms with Gasteiger partial charge in [0.2, 0.25) is 5.91 Å². The molecule has 3 atom stereocenters. The fourth-order valence-electron chi connectivity index (χ4n) is 3.59. The number of hydrogen-bond donors (Lipinski definition) is 1. The average Bonchev–Trinajstić information content (AvgIpc) is 3.05. The number of carbonyl (C=O) groups excluding carboxylic acids is 1. The molecule has 1 aliphatic carbocycles. The molecule has 1 aliphatic heterocycles. The van der Waals surface area contributed by atoms with Gasteiger partial charge in [-0.3, -0.25) is 4.79 Å². The molecule has 2 rings (SSSR count). The van der Waals surface area contributed by atoms with Gasteiger partial charge in [-0.1, -0.05) is 33.1 Å². The summed E-state index contributed by atoms with van der Waals surface area (Å²) in [6.45, 7) is 5.13. The molecule has 3 heteroatoms. The minimum atomic E-state index is -0.294. The van der Waals surface area contributed by atoms with E-state index in [1.165, 1.54) is 38.5 Å². The molecule has 104 valence electrons. The number of nitrogens with zero attached hydrogens (tertiary/aromatic N) is 1. The second-order valence-electron chi connectivity index (χ2n) is 6.20. The summed E-state index contributed by atoms with van der Waals surface area (Å²) in [5.74, 6) is 1.25.